The van der Waals surface area contributed by atoms with Crippen LogP contribution in [0.15, 0.2) is 36.4 Å². The molecule has 0 fully saturated rings. The van der Waals surface area contributed by atoms with Crippen LogP contribution < -0.4 is 4.90 Å². The van der Waals surface area contributed by atoms with Gasteiger partial charge in [-0.05, 0) is 38.1 Å². The highest BCUT2D eigenvalue weighted by atomic mass is 16.3. The second kappa shape index (κ2) is 5.60. The summed E-state index contributed by atoms with van der Waals surface area (Å²) in [5.74, 6) is 0.790. The molecule has 2 aromatic rings. The van der Waals surface area contributed by atoms with Gasteiger partial charge in [0.1, 0.15) is 0 Å². The molecule has 0 spiro atoms. The molecule has 1 N–H and O–H groups in total. The molecule has 0 saturated heterocycles. The van der Waals surface area contributed by atoms with Gasteiger partial charge in [-0.1, -0.05) is 17.7 Å². The first-order valence-corrected chi connectivity index (χ1v) is 6.02. The average molecular weight is 243 g/mol. The smallest absolute Gasteiger partial charge is 0.155 e. The molecule has 1 heterocycles. The molecule has 0 aliphatic carbocycles. The van der Waals surface area contributed by atoms with Crippen molar-refractivity contribution in [3.05, 3.63) is 47.7 Å². The van der Waals surface area contributed by atoms with Gasteiger partial charge in [0.05, 0.1) is 12.3 Å². The van der Waals surface area contributed by atoms with E-state index in [0.717, 1.165) is 18.1 Å². The summed E-state index contributed by atoms with van der Waals surface area (Å²) in [6.45, 7) is 4.87. The topological polar surface area (TPSA) is 49.2 Å². The van der Waals surface area contributed by atoms with Crippen molar-refractivity contribution in [2.45, 2.75) is 20.5 Å². The van der Waals surface area contributed by atoms with Gasteiger partial charge in [0.15, 0.2) is 5.82 Å². The number of anilines is 2. The molecular weight excluding hydrogens is 226 g/mol. The molecule has 0 aliphatic heterocycles. The Morgan fingerprint density at radius 1 is 1.06 bits per heavy atom. The predicted octanol–water partition coefficient (Wildman–Crippen LogP) is 2.44. The Morgan fingerprint density at radius 2 is 1.78 bits per heavy atom. The predicted molar refractivity (Wildman–Crippen MR) is 71.8 cm³/mol. The van der Waals surface area contributed by atoms with E-state index in [-0.39, 0.29) is 6.61 Å². The van der Waals surface area contributed by atoms with Crippen LogP contribution in [0.5, 0.6) is 0 Å². The summed E-state index contributed by atoms with van der Waals surface area (Å²) in [6.07, 6.45) is 0. The number of benzene rings is 1. The minimum atomic E-state index is -0.0794. The molecule has 4 nitrogen and oxygen atoms in total. The molecular formula is C14H17N3O. The molecule has 1 aromatic heterocycles. The number of aliphatic hydroxyl groups excluding tert-OH is 1. The number of hydrogen-bond acceptors (Lipinski definition) is 4. The fourth-order valence-corrected chi connectivity index (χ4v) is 1.78. The normalized spacial score (nSPS) is 10.4. The number of aromatic nitrogens is 2. The molecule has 0 saturated carbocycles. The molecule has 0 atom stereocenters. The molecule has 0 aliphatic rings. The van der Waals surface area contributed by atoms with E-state index in [2.05, 4.69) is 53.2 Å². The van der Waals surface area contributed by atoms with E-state index in [9.17, 15) is 0 Å². The van der Waals surface area contributed by atoms with Gasteiger partial charge in [-0.25, -0.2) is 0 Å². The van der Waals surface area contributed by atoms with E-state index in [0.29, 0.717) is 5.69 Å². The highest BCUT2D eigenvalue weighted by molar-refractivity contribution is 5.59. The van der Waals surface area contributed by atoms with Crippen molar-refractivity contribution >= 4 is 11.5 Å². The molecule has 0 amide bonds. The Kier molecular flexibility index (Phi) is 3.89. The Balaban J connectivity index is 2.29. The monoisotopic (exact) mass is 243 g/mol. The maximum atomic E-state index is 8.96. The number of aryl methyl sites for hydroxylation is 1. The zero-order chi connectivity index (χ0) is 13.0. The van der Waals surface area contributed by atoms with Gasteiger partial charge in [-0.15, -0.1) is 5.10 Å². The van der Waals surface area contributed by atoms with Gasteiger partial charge in [0, 0.05) is 12.2 Å². The lowest BCUT2D eigenvalue weighted by atomic mass is 10.2. The van der Waals surface area contributed by atoms with Crippen molar-refractivity contribution in [1.82, 2.24) is 10.2 Å². The Morgan fingerprint density at radius 3 is 2.28 bits per heavy atom. The van der Waals surface area contributed by atoms with Gasteiger partial charge >= 0.3 is 0 Å². The molecule has 0 unspecified atom stereocenters. The second-order valence-electron chi connectivity index (χ2n) is 4.12. The summed E-state index contributed by atoms with van der Waals surface area (Å²) in [5.41, 5.74) is 2.91. The third kappa shape index (κ3) is 2.65. The summed E-state index contributed by atoms with van der Waals surface area (Å²) in [6, 6.07) is 12.0. The van der Waals surface area contributed by atoms with Crippen LogP contribution in [0.4, 0.5) is 11.5 Å². The zero-order valence-electron chi connectivity index (χ0n) is 10.7. The first-order chi connectivity index (χ1) is 8.74. The third-order valence-corrected chi connectivity index (χ3v) is 2.81. The number of aliphatic hydroxyl groups is 1. The number of nitrogens with zero attached hydrogens (tertiary/aromatic N) is 3. The zero-order valence-corrected chi connectivity index (χ0v) is 10.7. The minimum absolute atomic E-state index is 0.0794. The van der Waals surface area contributed by atoms with E-state index in [4.69, 9.17) is 5.11 Å². The van der Waals surface area contributed by atoms with Crippen LogP contribution in [0.3, 0.4) is 0 Å². The molecule has 4 heteroatoms. The summed E-state index contributed by atoms with van der Waals surface area (Å²) in [5, 5.41) is 17.1. The molecule has 18 heavy (non-hydrogen) atoms. The van der Waals surface area contributed by atoms with Crippen LogP contribution in [0, 0.1) is 6.92 Å². The summed E-state index contributed by atoms with van der Waals surface area (Å²) in [4.78, 5) is 2.08. The van der Waals surface area contributed by atoms with E-state index < -0.39 is 0 Å². The first-order valence-electron chi connectivity index (χ1n) is 6.02. The third-order valence-electron chi connectivity index (χ3n) is 2.81. The van der Waals surface area contributed by atoms with Gasteiger partial charge < -0.3 is 10.0 Å². The van der Waals surface area contributed by atoms with Crippen LogP contribution in [0.2, 0.25) is 0 Å². The van der Waals surface area contributed by atoms with Crippen LogP contribution >= 0.6 is 0 Å². The van der Waals surface area contributed by atoms with Crippen molar-refractivity contribution < 1.29 is 5.11 Å². The van der Waals surface area contributed by atoms with Crippen molar-refractivity contribution in [1.29, 1.82) is 0 Å². The second-order valence-corrected chi connectivity index (χ2v) is 4.12. The Hall–Kier alpha value is -1.94. The van der Waals surface area contributed by atoms with Crippen molar-refractivity contribution in [3.8, 4) is 0 Å². The molecule has 0 radical (unpaired) electrons. The maximum absolute atomic E-state index is 8.96. The lowest BCUT2D eigenvalue weighted by Gasteiger charge is -2.21. The van der Waals surface area contributed by atoms with Gasteiger partial charge in [0.25, 0.3) is 0 Å². The van der Waals surface area contributed by atoms with Gasteiger partial charge in [-0.3, -0.25) is 0 Å². The number of hydrogen-bond donors (Lipinski definition) is 1. The highest BCUT2D eigenvalue weighted by Gasteiger charge is 2.08. The Labute approximate surface area is 107 Å². The van der Waals surface area contributed by atoms with Gasteiger partial charge in [-0.2, -0.15) is 5.10 Å². The quantitative estimate of drug-likeness (QED) is 0.896. The lowest BCUT2D eigenvalue weighted by Crippen LogP contribution is -2.18. The Bertz CT molecular complexity index is 493. The first kappa shape index (κ1) is 12.5. The molecule has 1 aromatic carbocycles. The average Bonchev–Trinajstić information content (AvgIpc) is 2.42. The van der Waals surface area contributed by atoms with E-state index in [1.54, 1.807) is 6.07 Å². The van der Waals surface area contributed by atoms with Crippen molar-refractivity contribution in [3.63, 3.8) is 0 Å². The van der Waals surface area contributed by atoms with Crippen molar-refractivity contribution in [2.75, 3.05) is 11.4 Å². The fourth-order valence-electron chi connectivity index (χ4n) is 1.78. The number of rotatable bonds is 4. The largest absolute Gasteiger partial charge is 0.390 e. The SMILES string of the molecule is CCN(c1ccc(C)cc1)c1ccc(CO)nn1. The summed E-state index contributed by atoms with van der Waals surface area (Å²) < 4.78 is 0. The standard InChI is InChI=1S/C14H17N3O/c1-3-17(13-7-4-11(2)5-8-13)14-9-6-12(10-18)15-16-14/h4-9,18H,3,10H2,1-2H3. The van der Waals surface area contributed by atoms with E-state index >= 15 is 0 Å². The van der Waals surface area contributed by atoms with Crippen molar-refractivity contribution in [2.24, 2.45) is 0 Å². The van der Waals surface area contributed by atoms with Crippen LogP contribution in [-0.2, 0) is 6.61 Å². The molecule has 2 rings (SSSR count). The summed E-state index contributed by atoms with van der Waals surface area (Å²) in [7, 11) is 0. The van der Waals surface area contributed by atoms with Crippen LogP contribution in [0.1, 0.15) is 18.2 Å². The molecule has 94 valence electrons. The van der Waals surface area contributed by atoms with E-state index in [1.165, 1.54) is 5.56 Å². The van der Waals surface area contributed by atoms with E-state index in [1.807, 2.05) is 6.07 Å². The summed E-state index contributed by atoms with van der Waals surface area (Å²) >= 11 is 0. The van der Waals surface area contributed by atoms with Crippen LogP contribution in [-0.4, -0.2) is 21.8 Å². The van der Waals surface area contributed by atoms with Gasteiger partial charge in [0.2, 0.25) is 0 Å². The maximum Gasteiger partial charge on any atom is 0.155 e. The minimum Gasteiger partial charge on any atom is -0.390 e. The highest BCUT2D eigenvalue weighted by Crippen LogP contribution is 2.22. The lowest BCUT2D eigenvalue weighted by molar-refractivity contribution is 0.275. The molecule has 0 bridgehead atoms. The van der Waals surface area contributed by atoms with Crippen LogP contribution in [0.25, 0.3) is 0 Å². The fraction of sp³-hybridized carbons (Fsp3) is 0.286.